The molecule has 1 fully saturated rings. The maximum Gasteiger partial charge on any atom is 0.123 e. The molecule has 3 nitrogen and oxygen atoms in total. The van der Waals surface area contributed by atoms with E-state index in [9.17, 15) is 0 Å². The third-order valence-corrected chi connectivity index (χ3v) is 3.74. The Bertz CT molecular complexity index is 395. The van der Waals surface area contributed by atoms with Crippen molar-refractivity contribution >= 4 is 11.4 Å². The topological polar surface area (TPSA) is 38.5 Å². The summed E-state index contributed by atoms with van der Waals surface area (Å²) in [5, 5.41) is 0. The summed E-state index contributed by atoms with van der Waals surface area (Å²) in [5.74, 6) is 2.37. The summed E-state index contributed by atoms with van der Waals surface area (Å²) in [6.07, 6.45) is 1.02. The molecule has 100 valence electrons. The predicted octanol–water partition coefficient (Wildman–Crippen LogP) is 3.15. The molecule has 1 aromatic rings. The van der Waals surface area contributed by atoms with E-state index in [2.05, 4.69) is 31.7 Å². The van der Waals surface area contributed by atoms with Gasteiger partial charge in [0.25, 0.3) is 0 Å². The van der Waals surface area contributed by atoms with E-state index >= 15 is 0 Å². The first-order valence-corrected chi connectivity index (χ1v) is 6.88. The fourth-order valence-corrected chi connectivity index (χ4v) is 2.43. The number of hydrogen-bond donors (Lipinski definition) is 1. The van der Waals surface area contributed by atoms with Crippen LogP contribution < -0.4 is 15.4 Å². The zero-order chi connectivity index (χ0) is 13.1. The van der Waals surface area contributed by atoms with Crippen LogP contribution in [0.25, 0.3) is 0 Å². The molecule has 1 saturated heterocycles. The average Bonchev–Trinajstić information content (AvgIpc) is 2.66. The third kappa shape index (κ3) is 2.89. The van der Waals surface area contributed by atoms with Crippen molar-refractivity contribution in [1.29, 1.82) is 0 Å². The van der Waals surface area contributed by atoms with Crippen LogP contribution in [-0.4, -0.2) is 19.7 Å². The van der Waals surface area contributed by atoms with Gasteiger partial charge in [-0.1, -0.05) is 20.8 Å². The number of nitrogens with two attached hydrogens (primary N) is 1. The SMILES string of the molecule is CCCOc1cc(N)cc(N2CC(C)C(C)C2)c1. The summed E-state index contributed by atoms with van der Waals surface area (Å²) in [5.41, 5.74) is 7.94. The number of anilines is 2. The largest absolute Gasteiger partial charge is 0.493 e. The van der Waals surface area contributed by atoms with Crippen LogP contribution in [0.15, 0.2) is 18.2 Å². The van der Waals surface area contributed by atoms with Crippen molar-refractivity contribution in [2.75, 3.05) is 30.3 Å². The highest BCUT2D eigenvalue weighted by Gasteiger charge is 2.26. The van der Waals surface area contributed by atoms with Gasteiger partial charge in [0.05, 0.1) is 6.61 Å². The van der Waals surface area contributed by atoms with Crippen LogP contribution >= 0.6 is 0 Å². The lowest BCUT2D eigenvalue weighted by Gasteiger charge is -2.20. The Labute approximate surface area is 110 Å². The molecule has 2 atom stereocenters. The molecule has 2 rings (SSSR count). The average molecular weight is 248 g/mol. The minimum atomic E-state index is 0.742. The van der Waals surface area contributed by atoms with E-state index in [0.29, 0.717) is 0 Å². The van der Waals surface area contributed by atoms with Gasteiger partial charge in [0.1, 0.15) is 5.75 Å². The highest BCUT2D eigenvalue weighted by molar-refractivity contribution is 5.61. The van der Waals surface area contributed by atoms with Crippen LogP contribution in [0.5, 0.6) is 5.75 Å². The smallest absolute Gasteiger partial charge is 0.123 e. The van der Waals surface area contributed by atoms with Gasteiger partial charge >= 0.3 is 0 Å². The van der Waals surface area contributed by atoms with Gasteiger partial charge in [-0.05, 0) is 24.3 Å². The van der Waals surface area contributed by atoms with Crippen molar-refractivity contribution in [1.82, 2.24) is 0 Å². The summed E-state index contributed by atoms with van der Waals surface area (Å²) in [4.78, 5) is 2.41. The molecular formula is C15H24N2O. The quantitative estimate of drug-likeness (QED) is 0.832. The maximum absolute atomic E-state index is 5.96. The van der Waals surface area contributed by atoms with E-state index in [1.807, 2.05) is 12.1 Å². The van der Waals surface area contributed by atoms with Crippen LogP contribution in [0.4, 0.5) is 11.4 Å². The lowest BCUT2D eigenvalue weighted by molar-refractivity contribution is 0.317. The molecular weight excluding hydrogens is 224 g/mol. The first-order valence-electron chi connectivity index (χ1n) is 6.88. The molecule has 1 aromatic carbocycles. The highest BCUT2D eigenvalue weighted by atomic mass is 16.5. The summed E-state index contributed by atoms with van der Waals surface area (Å²) in [6, 6.07) is 6.06. The summed E-state index contributed by atoms with van der Waals surface area (Å²) < 4.78 is 5.68. The Hall–Kier alpha value is -1.38. The predicted molar refractivity (Wildman–Crippen MR) is 77.2 cm³/mol. The molecule has 18 heavy (non-hydrogen) atoms. The molecule has 3 heteroatoms. The van der Waals surface area contributed by atoms with E-state index in [0.717, 1.165) is 49.4 Å². The Balaban J connectivity index is 2.15. The van der Waals surface area contributed by atoms with Gasteiger partial charge in [-0.2, -0.15) is 0 Å². The van der Waals surface area contributed by atoms with Crippen LogP contribution in [0.3, 0.4) is 0 Å². The second-order valence-corrected chi connectivity index (χ2v) is 5.47. The molecule has 0 spiro atoms. The number of ether oxygens (including phenoxy) is 1. The van der Waals surface area contributed by atoms with E-state index in [1.54, 1.807) is 0 Å². The number of nitrogen functional groups attached to an aromatic ring is 1. The molecule has 0 aliphatic carbocycles. The van der Waals surface area contributed by atoms with Crippen LogP contribution in [-0.2, 0) is 0 Å². The van der Waals surface area contributed by atoms with Crippen molar-refractivity contribution in [2.45, 2.75) is 27.2 Å². The second-order valence-electron chi connectivity index (χ2n) is 5.47. The van der Waals surface area contributed by atoms with Gasteiger partial charge < -0.3 is 15.4 Å². The van der Waals surface area contributed by atoms with Gasteiger partial charge in [0.2, 0.25) is 0 Å². The molecule has 0 saturated carbocycles. The molecule has 1 aliphatic heterocycles. The van der Waals surface area contributed by atoms with E-state index in [4.69, 9.17) is 10.5 Å². The molecule has 0 radical (unpaired) electrons. The number of rotatable bonds is 4. The van der Waals surface area contributed by atoms with Gasteiger partial charge in [-0.3, -0.25) is 0 Å². The molecule has 2 unspecified atom stereocenters. The van der Waals surface area contributed by atoms with Crippen LogP contribution in [0.2, 0.25) is 0 Å². The van der Waals surface area contributed by atoms with Crippen molar-refractivity contribution in [3.8, 4) is 5.75 Å². The Morgan fingerprint density at radius 2 is 1.89 bits per heavy atom. The van der Waals surface area contributed by atoms with E-state index in [1.165, 1.54) is 5.69 Å². The van der Waals surface area contributed by atoms with Gasteiger partial charge in [-0.25, -0.2) is 0 Å². The minimum absolute atomic E-state index is 0.742. The van der Waals surface area contributed by atoms with E-state index < -0.39 is 0 Å². The van der Waals surface area contributed by atoms with Crippen LogP contribution in [0.1, 0.15) is 27.2 Å². The molecule has 0 bridgehead atoms. The maximum atomic E-state index is 5.96. The lowest BCUT2D eigenvalue weighted by atomic mass is 10.0. The number of nitrogens with zero attached hydrogens (tertiary/aromatic N) is 1. The zero-order valence-corrected chi connectivity index (χ0v) is 11.6. The molecule has 0 aromatic heterocycles. The first-order chi connectivity index (χ1) is 8.60. The number of benzene rings is 1. The summed E-state index contributed by atoms with van der Waals surface area (Å²) in [7, 11) is 0. The monoisotopic (exact) mass is 248 g/mol. The summed E-state index contributed by atoms with van der Waals surface area (Å²) >= 11 is 0. The molecule has 1 aliphatic rings. The van der Waals surface area contributed by atoms with Gasteiger partial charge in [0.15, 0.2) is 0 Å². The van der Waals surface area contributed by atoms with E-state index in [-0.39, 0.29) is 0 Å². The minimum Gasteiger partial charge on any atom is -0.493 e. The van der Waals surface area contributed by atoms with Gasteiger partial charge in [0, 0.05) is 36.6 Å². The normalized spacial score (nSPS) is 23.4. The van der Waals surface area contributed by atoms with Crippen molar-refractivity contribution < 1.29 is 4.74 Å². The van der Waals surface area contributed by atoms with Gasteiger partial charge in [-0.15, -0.1) is 0 Å². The lowest BCUT2D eigenvalue weighted by Crippen LogP contribution is -2.19. The van der Waals surface area contributed by atoms with Crippen molar-refractivity contribution in [3.05, 3.63) is 18.2 Å². The fourth-order valence-electron chi connectivity index (χ4n) is 2.43. The van der Waals surface area contributed by atoms with Crippen molar-refractivity contribution in [2.24, 2.45) is 11.8 Å². The first kappa shape index (κ1) is 13.1. The summed E-state index contributed by atoms with van der Waals surface area (Å²) in [6.45, 7) is 9.69. The molecule has 2 N–H and O–H groups in total. The number of hydrogen-bond acceptors (Lipinski definition) is 3. The Morgan fingerprint density at radius 1 is 1.22 bits per heavy atom. The van der Waals surface area contributed by atoms with Crippen molar-refractivity contribution in [3.63, 3.8) is 0 Å². The molecule has 1 heterocycles. The fraction of sp³-hybridized carbons (Fsp3) is 0.600. The Morgan fingerprint density at radius 3 is 2.50 bits per heavy atom. The Kier molecular flexibility index (Phi) is 4.00. The van der Waals surface area contributed by atoms with Crippen LogP contribution in [0, 0.1) is 11.8 Å². The highest BCUT2D eigenvalue weighted by Crippen LogP contribution is 2.31. The third-order valence-electron chi connectivity index (χ3n) is 3.74. The standard InChI is InChI=1S/C15H24N2O/c1-4-5-18-15-7-13(16)6-14(8-15)17-9-11(2)12(3)10-17/h6-8,11-12H,4-5,9-10,16H2,1-3H3. The molecule has 0 amide bonds. The zero-order valence-electron chi connectivity index (χ0n) is 11.6. The second kappa shape index (κ2) is 5.51.